The van der Waals surface area contributed by atoms with Gasteiger partial charge in [0.05, 0.1) is 11.3 Å². The van der Waals surface area contributed by atoms with Gasteiger partial charge < -0.3 is 15.2 Å². The molecule has 0 aliphatic heterocycles. The zero-order chi connectivity index (χ0) is 20.1. The smallest absolute Gasteiger partial charge is 0.294 e. The maximum atomic E-state index is 12.4. The van der Waals surface area contributed by atoms with E-state index in [0.29, 0.717) is 11.3 Å². The standard InChI is InChI=1S/C19H17N5O4/c1-20-18(25)14-4-2-13(3-5-14)11-22-19(26)15-6-7-16(17(10-15)24(27)28)23-9-8-21-12-23/h2-10,12H,11H2,1H3,(H,20,25)(H,22,26). The minimum absolute atomic E-state index is 0.178. The molecule has 0 bridgehead atoms. The van der Waals surface area contributed by atoms with E-state index in [9.17, 15) is 19.7 Å². The van der Waals surface area contributed by atoms with Crippen molar-refractivity contribution in [1.29, 1.82) is 0 Å². The second-order valence-electron chi connectivity index (χ2n) is 5.89. The Bertz CT molecular complexity index is 1010. The highest BCUT2D eigenvalue weighted by Gasteiger charge is 2.18. The molecule has 9 nitrogen and oxygen atoms in total. The maximum Gasteiger partial charge on any atom is 0.294 e. The summed E-state index contributed by atoms with van der Waals surface area (Å²) in [5.74, 6) is -0.628. The van der Waals surface area contributed by atoms with E-state index >= 15 is 0 Å². The first-order valence-electron chi connectivity index (χ1n) is 8.35. The lowest BCUT2D eigenvalue weighted by Crippen LogP contribution is -2.23. The number of hydrogen-bond acceptors (Lipinski definition) is 5. The van der Waals surface area contributed by atoms with Crippen molar-refractivity contribution >= 4 is 17.5 Å². The van der Waals surface area contributed by atoms with Crippen LogP contribution in [0.25, 0.3) is 5.69 Å². The van der Waals surface area contributed by atoms with Crippen molar-refractivity contribution in [2.45, 2.75) is 6.54 Å². The first-order chi connectivity index (χ1) is 13.5. The van der Waals surface area contributed by atoms with E-state index in [1.54, 1.807) is 37.5 Å². The van der Waals surface area contributed by atoms with E-state index in [1.807, 2.05) is 0 Å². The highest BCUT2D eigenvalue weighted by molar-refractivity contribution is 5.95. The molecule has 1 aromatic heterocycles. The summed E-state index contributed by atoms with van der Waals surface area (Å²) >= 11 is 0. The Balaban J connectivity index is 1.73. The Labute approximate surface area is 160 Å². The number of amides is 2. The zero-order valence-electron chi connectivity index (χ0n) is 15.0. The summed E-state index contributed by atoms with van der Waals surface area (Å²) in [7, 11) is 1.55. The molecule has 3 rings (SSSR count). The summed E-state index contributed by atoms with van der Waals surface area (Å²) in [4.78, 5) is 38.7. The first-order valence-corrected chi connectivity index (χ1v) is 8.35. The molecule has 0 saturated carbocycles. The summed E-state index contributed by atoms with van der Waals surface area (Å²) in [5, 5.41) is 16.6. The van der Waals surface area contributed by atoms with Crippen LogP contribution in [0.1, 0.15) is 26.3 Å². The van der Waals surface area contributed by atoms with Gasteiger partial charge in [0.25, 0.3) is 17.5 Å². The monoisotopic (exact) mass is 379 g/mol. The van der Waals surface area contributed by atoms with Crippen molar-refractivity contribution in [3.63, 3.8) is 0 Å². The van der Waals surface area contributed by atoms with Gasteiger partial charge in [0.2, 0.25) is 0 Å². The number of carbonyl (C=O) groups is 2. The van der Waals surface area contributed by atoms with E-state index in [1.165, 1.54) is 35.3 Å². The summed E-state index contributed by atoms with van der Waals surface area (Å²) in [6.07, 6.45) is 4.55. The van der Waals surface area contributed by atoms with Gasteiger partial charge in [-0.05, 0) is 29.8 Å². The predicted molar refractivity (Wildman–Crippen MR) is 101 cm³/mol. The summed E-state index contributed by atoms with van der Waals surface area (Å²) < 4.78 is 1.51. The number of imidazole rings is 1. The minimum Gasteiger partial charge on any atom is -0.355 e. The molecule has 142 valence electrons. The van der Waals surface area contributed by atoms with Crippen LogP contribution in [0.2, 0.25) is 0 Å². The highest BCUT2D eigenvalue weighted by atomic mass is 16.6. The fourth-order valence-corrected chi connectivity index (χ4v) is 2.63. The van der Waals surface area contributed by atoms with Crippen LogP contribution in [0.15, 0.2) is 61.2 Å². The van der Waals surface area contributed by atoms with E-state index < -0.39 is 10.8 Å². The second-order valence-corrected chi connectivity index (χ2v) is 5.89. The molecule has 1 heterocycles. The van der Waals surface area contributed by atoms with E-state index in [4.69, 9.17) is 0 Å². The molecule has 0 aliphatic carbocycles. The van der Waals surface area contributed by atoms with Gasteiger partial charge in [-0.3, -0.25) is 19.7 Å². The van der Waals surface area contributed by atoms with Crippen molar-refractivity contribution in [3.05, 3.63) is 88.0 Å². The van der Waals surface area contributed by atoms with Crippen LogP contribution in [0, 0.1) is 10.1 Å². The fraction of sp³-hybridized carbons (Fsp3) is 0.105. The number of nitrogens with zero attached hydrogens (tertiary/aromatic N) is 3. The molecule has 0 fully saturated rings. The van der Waals surface area contributed by atoms with Gasteiger partial charge in [-0.1, -0.05) is 12.1 Å². The second kappa shape index (κ2) is 8.12. The van der Waals surface area contributed by atoms with Crippen molar-refractivity contribution in [3.8, 4) is 5.69 Å². The number of nitrogens with one attached hydrogen (secondary N) is 2. The first kappa shape index (κ1) is 18.8. The highest BCUT2D eigenvalue weighted by Crippen LogP contribution is 2.24. The average molecular weight is 379 g/mol. The Morgan fingerprint density at radius 3 is 2.43 bits per heavy atom. The molecular weight excluding hydrogens is 362 g/mol. The fourth-order valence-electron chi connectivity index (χ4n) is 2.63. The van der Waals surface area contributed by atoms with Crippen LogP contribution >= 0.6 is 0 Å². The number of hydrogen-bond donors (Lipinski definition) is 2. The van der Waals surface area contributed by atoms with Crippen LogP contribution < -0.4 is 10.6 Å². The molecule has 0 unspecified atom stereocenters. The predicted octanol–water partition coefficient (Wildman–Crippen LogP) is 2.07. The lowest BCUT2D eigenvalue weighted by molar-refractivity contribution is -0.384. The van der Waals surface area contributed by atoms with Crippen molar-refractivity contribution < 1.29 is 14.5 Å². The lowest BCUT2D eigenvalue weighted by Gasteiger charge is -2.08. The van der Waals surface area contributed by atoms with Gasteiger partial charge in [0.1, 0.15) is 5.69 Å². The average Bonchev–Trinajstić information content (AvgIpc) is 3.26. The minimum atomic E-state index is -0.538. The molecule has 9 heteroatoms. The lowest BCUT2D eigenvalue weighted by atomic mass is 10.1. The van der Waals surface area contributed by atoms with Crippen LogP contribution in [-0.2, 0) is 6.54 Å². The van der Waals surface area contributed by atoms with Gasteiger partial charge in [-0.15, -0.1) is 0 Å². The van der Waals surface area contributed by atoms with E-state index in [2.05, 4.69) is 15.6 Å². The summed E-state index contributed by atoms with van der Waals surface area (Å²) in [6.45, 7) is 0.226. The third kappa shape index (κ3) is 4.04. The van der Waals surface area contributed by atoms with Crippen LogP contribution in [0.4, 0.5) is 5.69 Å². The number of benzene rings is 2. The molecule has 0 radical (unpaired) electrons. The van der Waals surface area contributed by atoms with Crippen LogP contribution in [-0.4, -0.2) is 33.3 Å². The SMILES string of the molecule is CNC(=O)c1ccc(CNC(=O)c2ccc(-n3ccnc3)c([N+](=O)[O-])c2)cc1. The normalized spacial score (nSPS) is 10.3. The number of aromatic nitrogens is 2. The largest absolute Gasteiger partial charge is 0.355 e. The topological polar surface area (TPSA) is 119 Å². The molecule has 2 amide bonds. The summed E-state index contributed by atoms with van der Waals surface area (Å²) in [5.41, 5.74) is 1.62. The van der Waals surface area contributed by atoms with Crippen molar-refractivity contribution in [1.82, 2.24) is 20.2 Å². The van der Waals surface area contributed by atoms with Gasteiger partial charge in [-0.2, -0.15) is 0 Å². The summed E-state index contributed by atoms with van der Waals surface area (Å²) in [6, 6.07) is 11.0. The van der Waals surface area contributed by atoms with Crippen molar-refractivity contribution in [2.24, 2.45) is 0 Å². The number of nitro groups is 1. The quantitative estimate of drug-likeness (QED) is 0.502. The van der Waals surface area contributed by atoms with Crippen LogP contribution in [0.5, 0.6) is 0 Å². The van der Waals surface area contributed by atoms with Gasteiger partial charge in [-0.25, -0.2) is 4.98 Å². The Kier molecular flexibility index (Phi) is 5.45. The Hall–Kier alpha value is -4.01. The molecule has 2 N–H and O–H groups in total. The van der Waals surface area contributed by atoms with E-state index in [0.717, 1.165) is 5.56 Å². The van der Waals surface area contributed by atoms with E-state index in [-0.39, 0.29) is 23.7 Å². The molecule has 28 heavy (non-hydrogen) atoms. The van der Waals surface area contributed by atoms with Crippen molar-refractivity contribution in [2.75, 3.05) is 7.05 Å². The zero-order valence-corrected chi connectivity index (χ0v) is 15.0. The van der Waals surface area contributed by atoms with Crippen LogP contribution in [0.3, 0.4) is 0 Å². The molecule has 2 aromatic carbocycles. The molecular formula is C19H17N5O4. The number of rotatable bonds is 6. The molecule has 3 aromatic rings. The maximum absolute atomic E-state index is 12.4. The number of nitro benzene ring substituents is 1. The molecule has 0 aliphatic rings. The van der Waals surface area contributed by atoms with Gasteiger partial charge >= 0.3 is 0 Å². The third-order valence-corrected chi connectivity index (χ3v) is 4.11. The number of carbonyl (C=O) groups excluding carboxylic acids is 2. The molecule has 0 atom stereocenters. The van der Waals surface area contributed by atoms with Gasteiger partial charge in [0, 0.05) is 43.2 Å². The van der Waals surface area contributed by atoms with Gasteiger partial charge in [0.15, 0.2) is 0 Å². The Morgan fingerprint density at radius 1 is 1.11 bits per heavy atom. The molecule has 0 spiro atoms. The Morgan fingerprint density at radius 2 is 1.82 bits per heavy atom. The third-order valence-electron chi connectivity index (χ3n) is 4.11. The molecule has 0 saturated heterocycles.